The molecule has 0 saturated carbocycles. The summed E-state index contributed by atoms with van der Waals surface area (Å²) in [6.45, 7) is 9.80. The molecule has 4 aromatic rings. The molecule has 9 heteroatoms. The van der Waals surface area contributed by atoms with E-state index in [4.69, 9.17) is 9.72 Å². The van der Waals surface area contributed by atoms with Crippen LogP contribution in [0, 0.1) is 0 Å². The van der Waals surface area contributed by atoms with Crippen LogP contribution in [0.1, 0.15) is 42.9 Å². The predicted octanol–water partition coefficient (Wildman–Crippen LogP) is 4.81. The first-order valence-corrected chi connectivity index (χ1v) is 12.1. The minimum atomic E-state index is -0.0359. The zero-order chi connectivity index (χ0) is 24.0. The fourth-order valence-electron chi connectivity index (χ4n) is 3.90. The number of thiophene rings is 1. The number of aromatic nitrogens is 3. The Hall–Kier alpha value is -3.30. The van der Waals surface area contributed by atoms with Gasteiger partial charge in [-0.15, -0.1) is 11.3 Å². The van der Waals surface area contributed by atoms with Gasteiger partial charge in [-0.3, -0.25) is 9.69 Å². The van der Waals surface area contributed by atoms with Crippen molar-refractivity contribution in [3.63, 3.8) is 0 Å². The molecule has 0 spiro atoms. The van der Waals surface area contributed by atoms with Gasteiger partial charge >= 0.3 is 0 Å². The van der Waals surface area contributed by atoms with Gasteiger partial charge in [-0.05, 0) is 52.9 Å². The Morgan fingerprint density at radius 1 is 1.24 bits per heavy atom. The highest BCUT2D eigenvalue weighted by Gasteiger charge is 2.25. The van der Waals surface area contributed by atoms with Gasteiger partial charge in [0.2, 0.25) is 11.8 Å². The Morgan fingerprint density at radius 2 is 2.06 bits per heavy atom. The molecule has 4 heterocycles. The third kappa shape index (κ3) is 4.17. The van der Waals surface area contributed by atoms with Crippen LogP contribution in [-0.4, -0.2) is 50.9 Å². The van der Waals surface area contributed by atoms with E-state index in [1.807, 2.05) is 31.2 Å². The number of carbonyl (C=O) groups excluding carboxylic acids is 1. The van der Waals surface area contributed by atoms with Gasteiger partial charge in [-0.25, -0.2) is 15.0 Å². The van der Waals surface area contributed by atoms with E-state index < -0.39 is 0 Å². The maximum atomic E-state index is 12.7. The number of carbonyl (C=O) groups is 1. The molecule has 1 aliphatic rings. The standard InChI is InChI=1S/C25H28N6O2S/c1-14-10-27-21-20-16-6-9-19(30-17(16)7-8-18(20)34-22(21)23(32)29-14)33-24-15(11-26-13-28-24)12-31(5)25(2,3)4/h6-9,11,13-14,27H,10,12H2,1-5H3,(H,29,32)/t14-/m0/s1. The number of amides is 1. The molecule has 0 unspecified atom stereocenters. The number of hydrogen-bond acceptors (Lipinski definition) is 8. The van der Waals surface area contributed by atoms with Crippen LogP contribution in [0.15, 0.2) is 36.8 Å². The van der Waals surface area contributed by atoms with E-state index in [0.29, 0.717) is 29.7 Å². The first-order chi connectivity index (χ1) is 16.2. The molecule has 1 amide bonds. The van der Waals surface area contributed by atoms with Gasteiger partial charge in [0.1, 0.15) is 11.2 Å². The zero-order valence-electron chi connectivity index (χ0n) is 20.0. The third-order valence-corrected chi connectivity index (χ3v) is 7.32. The molecule has 1 aliphatic heterocycles. The van der Waals surface area contributed by atoms with Crippen molar-refractivity contribution in [3.05, 3.63) is 47.2 Å². The van der Waals surface area contributed by atoms with E-state index in [2.05, 4.69) is 53.3 Å². The molecule has 0 aliphatic carbocycles. The van der Waals surface area contributed by atoms with Gasteiger partial charge in [0.15, 0.2) is 0 Å². The Labute approximate surface area is 202 Å². The number of anilines is 1. The Balaban J connectivity index is 1.51. The van der Waals surface area contributed by atoms with Crippen molar-refractivity contribution in [2.75, 3.05) is 18.9 Å². The number of rotatable bonds is 4. The number of benzene rings is 1. The second-order valence-electron chi connectivity index (χ2n) is 9.70. The summed E-state index contributed by atoms with van der Waals surface area (Å²) in [5, 5.41) is 8.49. The Kier molecular flexibility index (Phi) is 5.61. The Bertz CT molecular complexity index is 1390. The average Bonchev–Trinajstić information content (AvgIpc) is 3.11. The first kappa shape index (κ1) is 22.5. The van der Waals surface area contributed by atoms with Gasteiger partial charge in [-0.2, -0.15) is 0 Å². The number of nitrogens with zero attached hydrogens (tertiary/aromatic N) is 4. The lowest BCUT2D eigenvalue weighted by molar-refractivity contribution is 0.0949. The molecule has 2 N–H and O–H groups in total. The summed E-state index contributed by atoms with van der Waals surface area (Å²) in [4.78, 5) is 28.9. The fraction of sp³-hybridized carbons (Fsp3) is 0.360. The van der Waals surface area contributed by atoms with Gasteiger partial charge in [0, 0.05) is 58.0 Å². The van der Waals surface area contributed by atoms with E-state index in [0.717, 1.165) is 32.2 Å². The molecule has 0 fully saturated rings. The second-order valence-corrected chi connectivity index (χ2v) is 10.8. The molecule has 1 atom stereocenters. The summed E-state index contributed by atoms with van der Waals surface area (Å²) in [6.07, 6.45) is 3.27. The molecule has 0 saturated heterocycles. The van der Waals surface area contributed by atoms with Crippen molar-refractivity contribution in [2.24, 2.45) is 0 Å². The Morgan fingerprint density at radius 3 is 2.85 bits per heavy atom. The van der Waals surface area contributed by atoms with Crippen molar-refractivity contribution in [1.82, 2.24) is 25.2 Å². The smallest absolute Gasteiger partial charge is 0.263 e. The van der Waals surface area contributed by atoms with Crippen molar-refractivity contribution in [2.45, 2.75) is 45.8 Å². The zero-order valence-corrected chi connectivity index (χ0v) is 20.8. The highest BCUT2D eigenvalue weighted by molar-refractivity contribution is 7.21. The fourth-order valence-corrected chi connectivity index (χ4v) is 5.00. The molecule has 5 rings (SSSR count). The van der Waals surface area contributed by atoms with Crippen LogP contribution in [0.4, 0.5) is 5.69 Å². The van der Waals surface area contributed by atoms with E-state index in [-0.39, 0.29) is 17.5 Å². The summed E-state index contributed by atoms with van der Waals surface area (Å²) in [7, 11) is 2.06. The predicted molar refractivity (Wildman–Crippen MR) is 136 cm³/mol. The SMILES string of the molecule is C[C@H]1CNc2c(sc3ccc4nc(Oc5ncncc5CN(C)C(C)(C)C)ccc4c23)C(=O)N1. The molecule has 0 radical (unpaired) electrons. The average molecular weight is 477 g/mol. The quantitative estimate of drug-likeness (QED) is 0.437. The first-order valence-electron chi connectivity index (χ1n) is 11.3. The molecule has 0 bridgehead atoms. The number of ether oxygens (including phenoxy) is 1. The molecule has 1 aromatic carbocycles. The highest BCUT2D eigenvalue weighted by atomic mass is 32.1. The second kappa shape index (κ2) is 8.48. The summed E-state index contributed by atoms with van der Waals surface area (Å²) in [6, 6.07) is 7.90. The third-order valence-electron chi connectivity index (χ3n) is 6.17. The van der Waals surface area contributed by atoms with E-state index in [9.17, 15) is 4.79 Å². The molecule has 8 nitrogen and oxygen atoms in total. The summed E-state index contributed by atoms with van der Waals surface area (Å²) >= 11 is 1.50. The van der Waals surface area contributed by atoms with Crippen molar-refractivity contribution in [3.8, 4) is 11.8 Å². The van der Waals surface area contributed by atoms with Crippen molar-refractivity contribution in [1.29, 1.82) is 0 Å². The van der Waals surface area contributed by atoms with Crippen LogP contribution >= 0.6 is 11.3 Å². The number of fused-ring (bicyclic) bond motifs is 5. The van der Waals surface area contributed by atoms with Crippen LogP contribution < -0.4 is 15.4 Å². The van der Waals surface area contributed by atoms with E-state index in [1.165, 1.54) is 17.7 Å². The maximum Gasteiger partial charge on any atom is 0.263 e. The van der Waals surface area contributed by atoms with Gasteiger partial charge in [-0.1, -0.05) is 0 Å². The normalized spacial score (nSPS) is 16.3. The maximum absolute atomic E-state index is 12.7. The summed E-state index contributed by atoms with van der Waals surface area (Å²) in [5.74, 6) is 0.924. The van der Waals surface area contributed by atoms with Crippen LogP contribution in [0.5, 0.6) is 11.8 Å². The number of pyridine rings is 1. The number of hydrogen-bond donors (Lipinski definition) is 2. The lowest BCUT2D eigenvalue weighted by atomic mass is 10.1. The van der Waals surface area contributed by atoms with Gasteiger partial charge in [0.05, 0.1) is 11.2 Å². The lowest BCUT2D eigenvalue weighted by Crippen LogP contribution is -2.37. The van der Waals surface area contributed by atoms with Gasteiger partial charge in [0.25, 0.3) is 5.91 Å². The number of nitrogens with one attached hydrogen (secondary N) is 2. The minimum Gasteiger partial charge on any atom is -0.420 e. The van der Waals surface area contributed by atoms with Crippen molar-refractivity contribution >= 4 is 43.9 Å². The monoisotopic (exact) mass is 476 g/mol. The molecule has 34 heavy (non-hydrogen) atoms. The largest absolute Gasteiger partial charge is 0.420 e. The molecule has 176 valence electrons. The van der Waals surface area contributed by atoms with Gasteiger partial charge < -0.3 is 15.4 Å². The van der Waals surface area contributed by atoms with Crippen LogP contribution in [0.25, 0.3) is 21.0 Å². The summed E-state index contributed by atoms with van der Waals surface area (Å²) < 4.78 is 7.17. The van der Waals surface area contributed by atoms with Crippen molar-refractivity contribution < 1.29 is 9.53 Å². The van der Waals surface area contributed by atoms with E-state index in [1.54, 1.807) is 6.20 Å². The molecular formula is C25H28N6O2S. The minimum absolute atomic E-state index is 0.000961. The highest BCUT2D eigenvalue weighted by Crippen LogP contribution is 2.41. The lowest BCUT2D eigenvalue weighted by Gasteiger charge is -2.31. The molecular weight excluding hydrogens is 448 g/mol. The topological polar surface area (TPSA) is 92.3 Å². The summed E-state index contributed by atoms with van der Waals surface area (Å²) in [5.41, 5.74) is 2.57. The van der Waals surface area contributed by atoms with Crippen LogP contribution in [0.3, 0.4) is 0 Å². The van der Waals surface area contributed by atoms with E-state index >= 15 is 0 Å². The van der Waals surface area contributed by atoms with Crippen LogP contribution in [-0.2, 0) is 6.54 Å². The van der Waals surface area contributed by atoms with Crippen LogP contribution in [0.2, 0.25) is 0 Å². The molecule has 3 aromatic heterocycles.